The van der Waals surface area contributed by atoms with Gasteiger partial charge in [-0.15, -0.1) is 0 Å². The van der Waals surface area contributed by atoms with Crippen LogP contribution < -0.4 is 10.6 Å². The van der Waals surface area contributed by atoms with Crippen molar-refractivity contribution >= 4 is 11.6 Å². The molecule has 2 unspecified atom stereocenters. The number of carbonyl (C=O) groups excluding carboxylic acids is 1. The van der Waals surface area contributed by atoms with Crippen LogP contribution in [-0.2, 0) is 4.74 Å². The van der Waals surface area contributed by atoms with E-state index >= 15 is 0 Å². The lowest BCUT2D eigenvalue weighted by Gasteiger charge is -2.18. The van der Waals surface area contributed by atoms with Crippen LogP contribution in [0.25, 0.3) is 0 Å². The van der Waals surface area contributed by atoms with Crippen molar-refractivity contribution in [2.45, 2.75) is 19.4 Å². The van der Waals surface area contributed by atoms with Crippen LogP contribution >= 0.6 is 0 Å². The van der Waals surface area contributed by atoms with Crippen LogP contribution in [0.2, 0.25) is 0 Å². The van der Waals surface area contributed by atoms with Gasteiger partial charge in [-0.3, -0.25) is 4.79 Å². The van der Waals surface area contributed by atoms with Gasteiger partial charge in [-0.1, -0.05) is 0 Å². The smallest absolute Gasteiger partial charge is 0.270 e. The van der Waals surface area contributed by atoms with E-state index in [0.29, 0.717) is 11.6 Å². The molecule has 1 amide bonds. The second-order valence-electron chi connectivity index (χ2n) is 4.57. The highest BCUT2D eigenvalue weighted by Crippen LogP contribution is 2.16. The highest BCUT2D eigenvalue weighted by atomic mass is 16.5. The van der Waals surface area contributed by atoms with Gasteiger partial charge in [0.25, 0.3) is 5.91 Å². The van der Waals surface area contributed by atoms with Gasteiger partial charge >= 0.3 is 0 Å². The number of nitrogens with one attached hydrogen (secondary N) is 2. The van der Waals surface area contributed by atoms with E-state index in [1.54, 1.807) is 12.3 Å². The lowest BCUT2D eigenvalue weighted by atomic mass is 10.0. The van der Waals surface area contributed by atoms with Crippen molar-refractivity contribution in [2.75, 3.05) is 25.6 Å². The summed E-state index contributed by atoms with van der Waals surface area (Å²) in [4.78, 5) is 16.1. The molecule has 1 fully saturated rings. The van der Waals surface area contributed by atoms with Crippen LogP contribution in [0.3, 0.4) is 0 Å². The first-order valence-electron chi connectivity index (χ1n) is 6.23. The number of carbonyl (C=O) groups is 1. The molecule has 1 aromatic heterocycles. The highest BCUT2D eigenvalue weighted by Gasteiger charge is 2.24. The molecular formula is C13H19N3O2. The van der Waals surface area contributed by atoms with Gasteiger partial charge in [-0.2, -0.15) is 0 Å². The van der Waals surface area contributed by atoms with Crippen LogP contribution in [0.1, 0.15) is 23.8 Å². The SMILES string of the molecule is CNc1ccc(C(=O)NC(C)C2CCOC2)nc1. The molecule has 98 valence electrons. The molecular weight excluding hydrogens is 230 g/mol. The van der Waals surface area contributed by atoms with E-state index in [4.69, 9.17) is 4.74 Å². The van der Waals surface area contributed by atoms with Crippen molar-refractivity contribution in [3.63, 3.8) is 0 Å². The van der Waals surface area contributed by atoms with Crippen molar-refractivity contribution in [3.05, 3.63) is 24.0 Å². The second kappa shape index (κ2) is 5.82. The number of anilines is 1. The van der Waals surface area contributed by atoms with Gasteiger partial charge < -0.3 is 15.4 Å². The summed E-state index contributed by atoms with van der Waals surface area (Å²) in [6, 6.07) is 3.68. The third kappa shape index (κ3) is 2.98. The summed E-state index contributed by atoms with van der Waals surface area (Å²) in [6.07, 6.45) is 2.66. The molecule has 2 atom stereocenters. The largest absolute Gasteiger partial charge is 0.387 e. The van der Waals surface area contributed by atoms with E-state index in [1.165, 1.54) is 0 Å². The minimum absolute atomic E-state index is 0.116. The average molecular weight is 249 g/mol. The van der Waals surface area contributed by atoms with Gasteiger partial charge in [0, 0.05) is 25.6 Å². The van der Waals surface area contributed by atoms with Crippen LogP contribution in [0, 0.1) is 5.92 Å². The molecule has 0 aromatic carbocycles. The van der Waals surface area contributed by atoms with E-state index in [2.05, 4.69) is 15.6 Å². The topological polar surface area (TPSA) is 63.2 Å². The zero-order chi connectivity index (χ0) is 13.0. The molecule has 0 radical (unpaired) electrons. The maximum absolute atomic E-state index is 12.0. The maximum atomic E-state index is 12.0. The van der Waals surface area contributed by atoms with E-state index in [0.717, 1.165) is 25.3 Å². The average Bonchev–Trinajstić information content (AvgIpc) is 2.92. The van der Waals surface area contributed by atoms with E-state index < -0.39 is 0 Å². The first-order valence-corrected chi connectivity index (χ1v) is 6.23. The number of amides is 1. The number of nitrogens with zero attached hydrogens (tertiary/aromatic N) is 1. The number of hydrogen-bond donors (Lipinski definition) is 2. The number of ether oxygens (including phenoxy) is 1. The van der Waals surface area contributed by atoms with Gasteiger partial charge in [0.1, 0.15) is 5.69 Å². The van der Waals surface area contributed by atoms with Crippen molar-refractivity contribution in [1.29, 1.82) is 0 Å². The number of hydrogen-bond acceptors (Lipinski definition) is 4. The van der Waals surface area contributed by atoms with Crippen molar-refractivity contribution in [2.24, 2.45) is 5.92 Å². The van der Waals surface area contributed by atoms with Crippen molar-refractivity contribution in [1.82, 2.24) is 10.3 Å². The molecule has 1 aliphatic heterocycles. The normalized spacial score (nSPS) is 20.4. The van der Waals surface area contributed by atoms with Gasteiger partial charge in [0.05, 0.1) is 18.5 Å². The Morgan fingerprint density at radius 2 is 2.39 bits per heavy atom. The molecule has 18 heavy (non-hydrogen) atoms. The minimum atomic E-state index is -0.128. The lowest BCUT2D eigenvalue weighted by Crippen LogP contribution is -2.38. The third-order valence-electron chi connectivity index (χ3n) is 3.32. The first kappa shape index (κ1) is 12.8. The Kier molecular flexibility index (Phi) is 4.15. The fraction of sp³-hybridized carbons (Fsp3) is 0.538. The summed E-state index contributed by atoms with van der Waals surface area (Å²) in [6.45, 7) is 3.53. The zero-order valence-electron chi connectivity index (χ0n) is 10.8. The fourth-order valence-corrected chi connectivity index (χ4v) is 2.02. The Balaban J connectivity index is 1.93. The number of pyridine rings is 1. The van der Waals surface area contributed by atoms with E-state index in [1.807, 2.05) is 20.0 Å². The Morgan fingerprint density at radius 1 is 1.56 bits per heavy atom. The predicted molar refractivity (Wildman–Crippen MR) is 69.6 cm³/mol. The van der Waals surface area contributed by atoms with Gasteiger partial charge in [0.2, 0.25) is 0 Å². The molecule has 2 heterocycles. The quantitative estimate of drug-likeness (QED) is 0.843. The summed E-state index contributed by atoms with van der Waals surface area (Å²) < 4.78 is 5.32. The van der Waals surface area contributed by atoms with Crippen LogP contribution in [-0.4, -0.2) is 37.2 Å². The Hall–Kier alpha value is -1.62. The molecule has 2 N–H and O–H groups in total. The Labute approximate surface area is 107 Å². The summed E-state index contributed by atoms with van der Waals surface area (Å²) in [5, 5.41) is 5.94. The monoisotopic (exact) mass is 249 g/mol. The van der Waals surface area contributed by atoms with Gasteiger partial charge in [0.15, 0.2) is 0 Å². The van der Waals surface area contributed by atoms with E-state index in [-0.39, 0.29) is 11.9 Å². The van der Waals surface area contributed by atoms with E-state index in [9.17, 15) is 4.79 Å². The molecule has 1 saturated heterocycles. The molecule has 1 aromatic rings. The first-order chi connectivity index (χ1) is 8.70. The molecule has 2 rings (SSSR count). The predicted octanol–water partition coefficient (Wildman–Crippen LogP) is 1.28. The molecule has 5 nitrogen and oxygen atoms in total. The van der Waals surface area contributed by atoms with Gasteiger partial charge in [-0.25, -0.2) is 4.98 Å². The maximum Gasteiger partial charge on any atom is 0.270 e. The molecule has 0 aliphatic carbocycles. The summed E-state index contributed by atoms with van der Waals surface area (Å²) in [5.41, 5.74) is 1.34. The minimum Gasteiger partial charge on any atom is -0.387 e. The van der Waals surface area contributed by atoms with Crippen molar-refractivity contribution < 1.29 is 9.53 Å². The lowest BCUT2D eigenvalue weighted by molar-refractivity contribution is 0.0917. The van der Waals surface area contributed by atoms with Gasteiger partial charge in [-0.05, 0) is 25.5 Å². The number of aromatic nitrogens is 1. The van der Waals surface area contributed by atoms with Crippen LogP contribution in [0.4, 0.5) is 5.69 Å². The molecule has 5 heteroatoms. The molecule has 1 aliphatic rings. The Morgan fingerprint density at radius 3 is 2.94 bits per heavy atom. The van der Waals surface area contributed by atoms with Crippen molar-refractivity contribution in [3.8, 4) is 0 Å². The fourth-order valence-electron chi connectivity index (χ4n) is 2.02. The summed E-state index contributed by atoms with van der Waals surface area (Å²) in [7, 11) is 1.82. The summed E-state index contributed by atoms with van der Waals surface area (Å²) >= 11 is 0. The standard InChI is InChI=1S/C13H19N3O2/c1-9(10-5-6-18-8-10)16-13(17)12-4-3-11(14-2)7-15-12/h3-4,7,9-10,14H,5-6,8H2,1-2H3,(H,16,17). The molecule has 0 spiro atoms. The third-order valence-corrected chi connectivity index (χ3v) is 3.32. The van der Waals surface area contributed by atoms with Crippen LogP contribution in [0.15, 0.2) is 18.3 Å². The van der Waals surface area contributed by atoms with Crippen LogP contribution in [0.5, 0.6) is 0 Å². The zero-order valence-corrected chi connectivity index (χ0v) is 10.8. The second-order valence-corrected chi connectivity index (χ2v) is 4.57. The summed E-state index contributed by atoms with van der Waals surface area (Å²) in [5.74, 6) is 0.280. The highest BCUT2D eigenvalue weighted by molar-refractivity contribution is 5.92. The molecule has 0 bridgehead atoms. The Bertz CT molecular complexity index is 399. The number of rotatable bonds is 4. The molecule has 0 saturated carbocycles.